The zero-order chi connectivity index (χ0) is 13.8. The number of carbonyl (C=O) groups excluding carboxylic acids is 1. The van der Waals surface area contributed by atoms with Gasteiger partial charge in [0.1, 0.15) is 0 Å². The van der Waals surface area contributed by atoms with Gasteiger partial charge in [0.2, 0.25) is 5.91 Å². The highest BCUT2D eigenvalue weighted by Gasteiger charge is 2.47. The first kappa shape index (κ1) is 15.3. The van der Waals surface area contributed by atoms with Crippen LogP contribution in [-0.2, 0) is 4.79 Å². The Morgan fingerprint density at radius 3 is 2.67 bits per heavy atom. The van der Waals surface area contributed by atoms with Crippen molar-refractivity contribution < 1.29 is 18.0 Å². The molecule has 2 unspecified atom stereocenters. The zero-order valence-corrected chi connectivity index (χ0v) is 10.6. The second-order valence-corrected chi connectivity index (χ2v) is 5.19. The number of halogens is 3. The van der Waals surface area contributed by atoms with E-state index in [1.165, 1.54) is 0 Å². The van der Waals surface area contributed by atoms with E-state index in [4.69, 9.17) is 5.73 Å². The molecule has 0 heterocycles. The molecule has 0 saturated heterocycles. The van der Waals surface area contributed by atoms with Crippen LogP contribution >= 0.6 is 0 Å². The number of hydrogen-bond acceptors (Lipinski definition) is 2. The van der Waals surface area contributed by atoms with Gasteiger partial charge in [0.25, 0.3) is 0 Å². The highest BCUT2D eigenvalue weighted by Crippen LogP contribution is 2.42. The van der Waals surface area contributed by atoms with Crippen molar-refractivity contribution in [3.05, 3.63) is 0 Å². The maximum absolute atomic E-state index is 12.8. The molecule has 0 aromatic heterocycles. The first-order valence-corrected chi connectivity index (χ1v) is 6.39. The molecule has 1 saturated carbocycles. The van der Waals surface area contributed by atoms with Crippen LogP contribution in [0.15, 0.2) is 0 Å². The third-order valence-electron chi connectivity index (χ3n) is 3.57. The number of nitrogens with one attached hydrogen (secondary N) is 1. The Bertz CT molecular complexity index is 294. The summed E-state index contributed by atoms with van der Waals surface area (Å²) in [5.41, 5.74) is 4.41. The van der Waals surface area contributed by atoms with Gasteiger partial charge in [-0.05, 0) is 32.2 Å². The Balaban J connectivity index is 2.78. The number of amides is 1. The molecule has 2 atom stereocenters. The van der Waals surface area contributed by atoms with Gasteiger partial charge < -0.3 is 11.1 Å². The molecule has 0 aromatic rings. The van der Waals surface area contributed by atoms with E-state index in [1.54, 1.807) is 0 Å². The summed E-state index contributed by atoms with van der Waals surface area (Å²) in [7, 11) is 0. The Morgan fingerprint density at radius 2 is 2.17 bits per heavy atom. The molecule has 1 amide bonds. The molecular weight excluding hydrogens is 245 g/mol. The number of nitrogens with two attached hydrogens (primary N) is 1. The monoisotopic (exact) mass is 266 g/mol. The van der Waals surface area contributed by atoms with Gasteiger partial charge in [-0.1, -0.05) is 13.3 Å². The zero-order valence-electron chi connectivity index (χ0n) is 10.6. The summed E-state index contributed by atoms with van der Waals surface area (Å²) < 4.78 is 38.4. The molecule has 1 aliphatic carbocycles. The van der Waals surface area contributed by atoms with E-state index in [-0.39, 0.29) is 19.3 Å². The van der Waals surface area contributed by atoms with Crippen molar-refractivity contribution in [2.75, 3.05) is 6.54 Å². The van der Waals surface area contributed by atoms with Crippen LogP contribution in [0.1, 0.15) is 45.4 Å². The minimum absolute atomic E-state index is 0.0143. The van der Waals surface area contributed by atoms with Gasteiger partial charge >= 0.3 is 6.18 Å². The van der Waals surface area contributed by atoms with E-state index in [0.717, 1.165) is 6.42 Å². The summed E-state index contributed by atoms with van der Waals surface area (Å²) in [6, 6.07) is 0. The number of alkyl halides is 3. The lowest BCUT2D eigenvalue weighted by Crippen LogP contribution is -2.53. The van der Waals surface area contributed by atoms with Gasteiger partial charge in [0.15, 0.2) is 0 Å². The lowest BCUT2D eigenvalue weighted by Gasteiger charge is -2.41. The molecule has 1 rings (SSSR count). The van der Waals surface area contributed by atoms with Crippen LogP contribution in [-0.4, -0.2) is 24.2 Å². The second kappa shape index (κ2) is 5.91. The fraction of sp³-hybridized carbons (Fsp3) is 0.917. The first-order valence-electron chi connectivity index (χ1n) is 6.39. The Hall–Kier alpha value is -0.780. The average molecular weight is 266 g/mol. The van der Waals surface area contributed by atoms with Crippen molar-refractivity contribution in [3.63, 3.8) is 0 Å². The molecule has 0 aliphatic heterocycles. The highest BCUT2D eigenvalue weighted by molar-refractivity contribution is 5.75. The van der Waals surface area contributed by atoms with Gasteiger partial charge in [0, 0.05) is 12.0 Å². The normalized spacial score (nSPS) is 29.2. The predicted molar refractivity (Wildman–Crippen MR) is 62.8 cm³/mol. The minimum Gasteiger partial charge on any atom is -0.370 e. The van der Waals surface area contributed by atoms with Crippen LogP contribution in [0.2, 0.25) is 0 Å². The molecule has 1 fully saturated rings. The largest absolute Gasteiger partial charge is 0.391 e. The molecule has 0 bridgehead atoms. The van der Waals surface area contributed by atoms with Crippen molar-refractivity contribution in [2.45, 2.75) is 57.2 Å². The second-order valence-electron chi connectivity index (χ2n) is 5.19. The Morgan fingerprint density at radius 1 is 1.50 bits per heavy atom. The lowest BCUT2D eigenvalue weighted by atomic mass is 9.73. The molecule has 0 spiro atoms. The topological polar surface area (TPSA) is 55.1 Å². The maximum atomic E-state index is 12.8. The minimum atomic E-state index is -4.18. The van der Waals surface area contributed by atoms with Crippen LogP contribution in [0, 0.1) is 5.92 Å². The fourth-order valence-electron chi connectivity index (χ4n) is 2.75. The van der Waals surface area contributed by atoms with Gasteiger partial charge in [-0.25, -0.2) is 0 Å². The third kappa shape index (κ3) is 4.15. The number of carbonyl (C=O) groups is 1. The predicted octanol–water partition coefficient (Wildman–Crippen LogP) is 2.35. The van der Waals surface area contributed by atoms with Gasteiger partial charge in [-0.2, -0.15) is 13.2 Å². The van der Waals surface area contributed by atoms with E-state index < -0.39 is 23.5 Å². The van der Waals surface area contributed by atoms with Crippen molar-refractivity contribution in [2.24, 2.45) is 11.7 Å². The number of hydrogen-bond donors (Lipinski definition) is 2. The molecule has 0 radical (unpaired) electrons. The highest BCUT2D eigenvalue weighted by atomic mass is 19.4. The average Bonchev–Trinajstić information content (AvgIpc) is 2.24. The van der Waals surface area contributed by atoms with Gasteiger partial charge in [-0.3, -0.25) is 4.79 Å². The summed E-state index contributed by atoms with van der Waals surface area (Å²) in [5.74, 6) is -1.86. The summed E-state index contributed by atoms with van der Waals surface area (Å²) in [6.45, 7) is 2.55. The smallest absolute Gasteiger partial charge is 0.370 e. The summed E-state index contributed by atoms with van der Waals surface area (Å²) >= 11 is 0. The number of rotatable bonds is 5. The van der Waals surface area contributed by atoms with E-state index >= 15 is 0 Å². The quantitative estimate of drug-likeness (QED) is 0.802. The SMILES string of the molecule is CCCNC1(CC(N)=O)CCCC(C(F)(F)F)C1. The fourth-order valence-corrected chi connectivity index (χ4v) is 2.75. The van der Waals surface area contributed by atoms with Crippen molar-refractivity contribution >= 4 is 5.91 Å². The summed E-state index contributed by atoms with van der Waals surface area (Å²) in [4.78, 5) is 11.1. The standard InChI is InChI=1S/C12H21F3N2O/c1-2-6-17-11(8-10(16)18)5-3-4-9(7-11)12(13,14)15/h9,17H,2-8H2,1H3,(H2,16,18). The molecule has 0 aromatic carbocycles. The van der Waals surface area contributed by atoms with Crippen LogP contribution in [0.5, 0.6) is 0 Å². The first-order chi connectivity index (χ1) is 8.29. The molecular formula is C12H21F3N2O. The van der Waals surface area contributed by atoms with Crippen molar-refractivity contribution in [3.8, 4) is 0 Å². The van der Waals surface area contributed by atoms with Crippen LogP contribution in [0.4, 0.5) is 13.2 Å². The van der Waals surface area contributed by atoms with E-state index in [1.807, 2.05) is 6.92 Å². The molecule has 3 nitrogen and oxygen atoms in total. The molecule has 3 N–H and O–H groups in total. The third-order valence-corrected chi connectivity index (χ3v) is 3.57. The van der Waals surface area contributed by atoms with Gasteiger partial charge in [0.05, 0.1) is 5.92 Å². The van der Waals surface area contributed by atoms with Gasteiger partial charge in [-0.15, -0.1) is 0 Å². The Labute approximate surface area is 105 Å². The van der Waals surface area contributed by atoms with Crippen LogP contribution < -0.4 is 11.1 Å². The molecule has 18 heavy (non-hydrogen) atoms. The molecule has 1 aliphatic rings. The number of primary amides is 1. The van der Waals surface area contributed by atoms with Crippen LogP contribution in [0.25, 0.3) is 0 Å². The summed E-state index contributed by atoms with van der Waals surface area (Å²) in [5, 5.41) is 3.12. The maximum Gasteiger partial charge on any atom is 0.391 e. The van der Waals surface area contributed by atoms with E-state index in [2.05, 4.69) is 5.32 Å². The van der Waals surface area contributed by atoms with Crippen molar-refractivity contribution in [1.82, 2.24) is 5.32 Å². The lowest BCUT2D eigenvalue weighted by molar-refractivity contribution is -0.189. The summed E-state index contributed by atoms with van der Waals surface area (Å²) in [6.07, 6.45) is -2.21. The van der Waals surface area contributed by atoms with E-state index in [0.29, 0.717) is 19.4 Å². The molecule has 6 heteroatoms. The Kier molecular flexibility index (Phi) is 5.01. The van der Waals surface area contributed by atoms with E-state index in [9.17, 15) is 18.0 Å². The van der Waals surface area contributed by atoms with Crippen LogP contribution in [0.3, 0.4) is 0 Å². The van der Waals surface area contributed by atoms with Crippen molar-refractivity contribution in [1.29, 1.82) is 0 Å². The molecule has 106 valence electrons.